The summed E-state index contributed by atoms with van der Waals surface area (Å²) >= 11 is 0. The molecule has 1 atom stereocenters. The van der Waals surface area contributed by atoms with Crippen molar-refractivity contribution in [1.82, 2.24) is 4.90 Å². The molecular formula is C19H26N2O2. The zero-order valence-electron chi connectivity index (χ0n) is 14.6. The Morgan fingerprint density at radius 1 is 1.04 bits per heavy atom. The van der Waals surface area contributed by atoms with E-state index in [0.29, 0.717) is 5.75 Å². The van der Waals surface area contributed by atoms with Crippen LogP contribution in [0.2, 0.25) is 0 Å². The van der Waals surface area contributed by atoms with Crippen molar-refractivity contribution >= 4 is 0 Å². The van der Waals surface area contributed by atoms with Gasteiger partial charge >= 0.3 is 0 Å². The van der Waals surface area contributed by atoms with Gasteiger partial charge in [0, 0.05) is 18.2 Å². The highest BCUT2D eigenvalue weighted by molar-refractivity contribution is 5.77. The van der Waals surface area contributed by atoms with E-state index in [0.717, 1.165) is 29.0 Å². The fraction of sp³-hybridized carbons (Fsp3) is 0.368. The van der Waals surface area contributed by atoms with Crippen LogP contribution >= 0.6 is 0 Å². The van der Waals surface area contributed by atoms with Gasteiger partial charge in [-0.1, -0.05) is 24.3 Å². The van der Waals surface area contributed by atoms with Crippen LogP contribution in [0.5, 0.6) is 11.5 Å². The molecule has 1 unspecified atom stereocenters. The van der Waals surface area contributed by atoms with Gasteiger partial charge in [0.1, 0.15) is 0 Å². The maximum Gasteiger partial charge on any atom is 0.168 e. The van der Waals surface area contributed by atoms with Crippen molar-refractivity contribution < 1.29 is 9.47 Å². The van der Waals surface area contributed by atoms with Gasteiger partial charge in [0.2, 0.25) is 0 Å². The highest BCUT2D eigenvalue weighted by atomic mass is 16.5. The maximum absolute atomic E-state index is 6.09. The second-order valence-corrected chi connectivity index (χ2v) is 5.99. The topological polar surface area (TPSA) is 47.7 Å². The van der Waals surface area contributed by atoms with Crippen LogP contribution in [0.3, 0.4) is 0 Å². The van der Waals surface area contributed by atoms with Gasteiger partial charge in [-0.05, 0) is 49.8 Å². The minimum absolute atomic E-state index is 0.0745. The van der Waals surface area contributed by atoms with Crippen molar-refractivity contribution in [3.63, 3.8) is 0 Å². The van der Waals surface area contributed by atoms with Crippen molar-refractivity contribution in [1.29, 1.82) is 0 Å². The van der Waals surface area contributed by atoms with Crippen molar-refractivity contribution in [2.45, 2.75) is 19.5 Å². The largest absolute Gasteiger partial charge is 0.493 e. The molecule has 2 rings (SSSR count). The lowest BCUT2D eigenvalue weighted by atomic mass is 9.95. The molecule has 2 N–H and O–H groups in total. The molecule has 0 aromatic heterocycles. The van der Waals surface area contributed by atoms with Gasteiger partial charge in [0.25, 0.3) is 0 Å². The summed E-state index contributed by atoms with van der Waals surface area (Å²) < 4.78 is 11.2. The van der Waals surface area contributed by atoms with Gasteiger partial charge in [-0.2, -0.15) is 0 Å². The third-order valence-corrected chi connectivity index (χ3v) is 3.82. The van der Waals surface area contributed by atoms with Gasteiger partial charge < -0.3 is 20.1 Å². The molecule has 0 saturated heterocycles. The SMILES string of the molecule is COc1cc(C(C)N)cc(-c2ccccc2CN(C)C)c1OC. The Bertz CT molecular complexity index is 666. The number of nitrogens with zero attached hydrogens (tertiary/aromatic N) is 1. The first-order valence-electron chi connectivity index (χ1n) is 7.72. The molecule has 23 heavy (non-hydrogen) atoms. The summed E-state index contributed by atoms with van der Waals surface area (Å²) in [6.45, 7) is 2.82. The van der Waals surface area contributed by atoms with Crippen LogP contribution in [0.25, 0.3) is 11.1 Å². The molecule has 0 fully saturated rings. The predicted octanol–water partition coefficient (Wildman–Crippen LogP) is 3.45. The van der Waals surface area contributed by atoms with E-state index in [1.807, 2.05) is 19.1 Å². The van der Waals surface area contributed by atoms with Gasteiger partial charge in [0.05, 0.1) is 14.2 Å². The minimum Gasteiger partial charge on any atom is -0.493 e. The number of methoxy groups -OCH3 is 2. The highest BCUT2D eigenvalue weighted by Gasteiger charge is 2.17. The molecule has 0 amide bonds. The molecule has 0 heterocycles. The Kier molecular flexibility index (Phi) is 5.64. The van der Waals surface area contributed by atoms with Gasteiger partial charge in [0.15, 0.2) is 11.5 Å². The first-order valence-corrected chi connectivity index (χ1v) is 7.72. The van der Waals surface area contributed by atoms with E-state index >= 15 is 0 Å². The van der Waals surface area contributed by atoms with Gasteiger partial charge in [-0.15, -0.1) is 0 Å². The molecule has 0 aliphatic carbocycles. The summed E-state index contributed by atoms with van der Waals surface area (Å²) in [4.78, 5) is 2.15. The fourth-order valence-corrected chi connectivity index (χ4v) is 2.71. The Hall–Kier alpha value is -2.04. The zero-order chi connectivity index (χ0) is 17.0. The summed E-state index contributed by atoms with van der Waals surface area (Å²) in [6.07, 6.45) is 0. The van der Waals surface area contributed by atoms with Crippen LogP contribution in [-0.4, -0.2) is 33.2 Å². The average Bonchev–Trinajstić information content (AvgIpc) is 2.53. The van der Waals surface area contributed by atoms with E-state index in [1.165, 1.54) is 5.56 Å². The highest BCUT2D eigenvalue weighted by Crippen LogP contribution is 2.41. The number of hydrogen-bond acceptors (Lipinski definition) is 4. The molecule has 0 saturated carbocycles. The summed E-state index contributed by atoms with van der Waals surface area (Å²) in [5.74, 6) is 1.44. The van der Waals surface area contributed by atoms with Gasteiger partial charge in [-0.3, -0.25) is 0 Å². The first kappa shape index (κ1) is 17.3. The Morgan fingerprint density at radius 2 is 1.74 bits per heavy atom. The van der Waals surface area contributed by atoms with E-state index in [4.69, 9.17) is 15.2 Å². The third-order valence-electron chi connectivity index (χ3n) is 3.82. The number of rotatable bonds is 6. The lowest BCUT2D eigenvalue weighted by Crippen LogP contribution is -2.12. The number of ether oxygens (including phenoxy) is 2. The molecule has 0 radical (unpaired) electrons. The lowest BCUT2D eigenvalue weighted by Gasteiger charge is -2.20. The lowest BCUT2D eigenvalue weighted by molar-refractivity contribution is 0.355. The van der Waals surface area contributed by atoms with Crippen LogP contribution in [0.4, 0.5) is 0 Å². The molecule has 4 heteroatoms. The van der Waals surface area contributed by atoms with Crippen molar-refractivity contribution in [2.24, 2.45) is 5.73 Å². The normalized spacial score (nSPS) is 12.3. The number of benzene rings is 2. The quantitative estimate of drug-likeness (QED) is 0.887. The molecular weight excluding hydrogens is 288 g/mol. The summed E-state index contributed by atoms with van der Waals surface area (Å²) in [5, 5.41) is 0. The molecule has 2 aromatic rings. The van der Waals surface area contributed by atoms with Crippen LogP contribution in [0, 0.1) is 0 Å². The van der Waals surface area contributed by atoms with Crippen molar-refractivity contribution in [3.8, 4) is 22.6 Å². The van der Waals surface area contributed by atoms with Gasteiger partial charge in [-0.25, -0.2) is 0 Å². The standard InChI is InChI=1S/C19H26N2O2/c1-13(20)15-10-17(19(23-5)18(11-15)22-4)16-9-7-6-8-14(16)12-21(2)3/h6-11,13H,12,20H2,1-5H3. The first-order chi connectivity index (χ1) is 11.0. The molecule has 0 spiro atoms. The molecule has 4 nitrogen and oxygen atoms in total. The van der Waals surface area contributed by atoms with E-state index in [9.17, 15) is 0 Å². The second kappa shape index (κ2) is 7.49. The van der Waals surface area contributed by atoms with Crippen LogP contribution < -0.4 is 15.2 Å². The average molecular weight is 314 g/mol. The van der Waals surface area contributed by atoms with Crippen molar-refractivity contribution in [3.05, 3.63) is 47.5 Å². The van der Waals surface area contributed by atoms with Crippen molar-refractivity contribution in [2.75, 3.05) is 28.3 Å². The molecule has 0 aliphatic heterocycles. The number of nitrogens with two attached hydrogens (primary N) is 1. The summed E-state index contributed by atoms with van der Waals surface area (Å²) in [6, 6.07) is 12.3. The monoisotopic (exact) mass is 314 g/mol. The number of hydrogen-bond donors (Lipinski definition) is 1. The maximum atomic E-state index is 6.09. The van der Waals surface area contributed by atoms with E-state index < -0.39 is 0 Å². The smallest absolute Gasteiger partial charge is 0.168 e. The fourth-order valence-electron chi connectivity index (χ4n) is 2.71. The van der Waals surface area contributed by atoms with Crippen LogP contribution in [0.1, 0.15) is 24.1 Å². The predicted molar refractivity (Wildman–Crippen MR) is 95.0 cm³/mol. The molecule has 0 aliphatic rings. The van der Waals surface area contributed by atoms with E-state index in [-0.39, 0.29) is 6.04 Å². The molecule has 2 aromatic carbocycles. The minimum atomic E-state index is -0.0745. The molecule has 124 valence electrons. The third kappa shape index (κ3) is 3.84. The van der Waals surface area contributed by atoms with E-state index in [2.05, 4.69) is 43.3 Å². The zero-order valence-corrected chi connectivity index (χ0v) is 14.6. The summed E-state index contributed by atoms with van der Waals surface area (Å²) in [5.41, 5.74) is 10.5. The Morgan fingerprint density at radius 3 is 2.30 bits per heavy atom. The van der Waals surface area contributed by atoms with Crippen LogP contribution in [0.15, 0.2) is 36.4 Å². The summed E-state index contributed by atoms with van der Waals surface area (Å²) in [7, 11) is 7.44. The van der Waals surface area contributed by atoms with E-state index in [1.54, 1.807) is 14.2 Å². The Labute approximate surface area is 138 Å². The Balaban J connectivity index is 2.69. The second-order valence-electron chi connectivity index (χ2n) is 5.99. The molecule has 0 bridgehead atoms. The van der Waals surface area contributed by atoms with Crippen LogP contribution in [-0.2, 0) is 6.54 Å².